The molecule has 0 bridgehead atoms. The van der Waals surface area contributed by atoms with Crippen LogP contribution in [0.25, 0.3) is 0 Å². The first-order chi connectivity index (χ1) is 8.43. The highest BCUT2D eigenvalue weighted by atomic mass is 32.2. The van der Waals surface area contributed by atoms with Gasteiger partial charge in [0.05, 0.1) is 0 Å². The Balaban J connectivity index is 2.27. The highest BCUT2D eigenvalue weighted by Crippen LogP contribution is 2.30. The van der Waals surface area contributed by atoms with Gasteiger partial charge in [-0.05, 0) is 51.4 Å². The van der Waals surface area contributed by atoms with Crippen LogP contribution in [0.15, 0.2) is 10.3 Å². The Kier molecular flexibility index (Phi) is 4.11. The zero-order valence-corrected chi connectivity index (χ0v) is 12.7. The van der Waals surface area contributed by atoms with E-state index in [2.05, 4.69) is 5.32 Å². The summed E-state index contributed by atoms with van der Waals surface area (Å²) in [5, 5.41) is 3.26. The van der Waals surface area contributed by atoms with Crippen molar-refractivity contribution in [3.63, 3.8) is 0 Å². The van der Waals surface area contributed by atoms with Gasteiger partial charge in [0.2, 0.25) is 0 Å². The zero-order valence-electron chi connectivity index (χ0n) is 11.1. The molecule has 1 N–H and O–H groups in total. The van der Waals surface area contributed by atoms with E-state index in [1.54, 1.807) is 11.4 Å². The topological polar surface area (TPSA) is 49.4 Å². The summed E-state index contributed by atoms with van der Waals surface area (Å²) in [7, 11) is -1.62. The van der Waals surface area contributed by atoms with Gasteiger partial charge in [0.1, 0.15) is 4.21 Å². The molecule has 1 fully saturated rings. The van der Waals surface area contributed by atoms with Gasteiger partial charge in [-0.25, -0.2) is 8.42 Å². The fourth-order valence-electron chi connectivity index (χ4n) is 2.37. The summed E-state index contributed by atoms with van der Waals surface area (Å²) in [6.45, 7) is 5.60. The third kappa shape index (κ3) is 2.61. The summed E-state index contributed by atoms with van der Waals surface area (Å²) in [6, 6.07) is 2.06. The molecule has 2 rings (SSSR count). The van der Waals surface area contributed by atoms with E-state index in [9.17, 15) is 8.42 Å². The van der Waals surface area contributed by atoms with Gasteiger partial charge in [0.15, 0.2) is 0 Å². The van der Waals surface area contributed by atoms with Gasteiger partial charge in [0.25, 0.3) is 10.0 Å². The molecule has 0 aliphatic carbocycles. The van der Waals surface area contributed by atoms with Gasteiger partial charge in [-0.1, -0.05) is 0 Å². The van der Waals surface area contributed by atoms with Crippen LogP contribution in [0.3, 0.4) is 0 Å². The van der Waals surface area contributed by atoms with Gasteiger partial charge in [-0.15, -0.1) is 11.3 Å². The Morgan fingerprint density at radius 3 is 2.44 bits per heavy atom. The van der Waals surface area contributed by atoms with E-state index in [1.165, 1.54) is 11.3 Å². The van der Waals surface area contributed by atoms with Crippen LogP contribution in [0.4, 0.5) is 0 Å². The van der Waals surface area contributed by atoms with Crippen LogP contribution in [0.1, 0.15) is 23.3 Å². The molecule has 18 heavy (non-hydrogen) atoms. The van der Waals surface area contributed by atoms with E-state index in [4.69, 9.17) is 0 Å². The summed E-state index contributed by atoms with van der Waals surface area (Å²) < 4.78 is 27.2. The van der Waals surface area contributed by atoms with Crippen LogP contribution in [0.5, 0.6) is 0 Å². The van der Waals surface area contributed by atoms with E-state index in [0.717, 1.165) is 36.4 Å². The van der Waals surface area contributed by atoms with Crippen molar-refractivity contribution >= 4 is 21.4 Å². The number of aryl methyl sites for hydroxylation is 2. The molecule has 0 spiro atoms. The van der Waals surface area contributed by atoms with Crippen LogP contribution in [-0.4, -0.2) is 38.9 Å². The van der Waals surface area contributed by atoms with Crippen LogP contribution in [0.2, 0.25) is 0 Å². The lowest BCUT2D eigenvalue weighted by Gasteiger charge is -2.30. The molecule has 1 aliphatic heterocycles. The van der Waals surface area contributed by atoms with Crippen LogP contribution < -0.4 is 5.32 Å². The van der Waals surface area contributed by atoms with Crippen molar-refractivity contribution in [3.8, 4) is 0 Å². The van der Waals surface area contributed by atoms with Gasteiger partial charge in [-0.3, -0.25) is 0 Å². The molecular formula is C12H20N2O2S2. The lowest BCUT2D eigenvalue weighted by Crippen LogP contribution is -2.43. The smallest absolute Gasteiger partial charge is 0.252 e. The molecule has 0 radical (unpaired) electrons. The van der Waals surface area contributed by atoms with E-state index in [0.29, 0.717) is 4.21 Å². The highest BCUT2D eigenvalue weighted by Gasteiger charge is 2.31. The second kappa shape index (κ2) is 5.28. The first-order valence-electron chi connectivity index (χ1n) is 6.18. The Morgan fingerprint density at radius 2 is 1.94 bits per heavy atom. The third-order valence-corrected chi connectivity index (χ3v) is 7.11. The summed E-state index contributed by atoms with van der Waals surface area (Å²) in [5.74, 6) is 0. The minimum absolute atomic E-state index is 0.123. The molecule has 0 unspecified atom stereocenters. The molecule has 0 aromatic carbocycles. The minimum Gasteiger partial charge on any atom is -0.317 e. The summed E-state index contributed by atoms with van der Waals surface area (Å²) in [4.78, 5) is 1.05. The molecule has 102 valence electrons. The molecule has 0 atom stereocenters. The Bertz CT molecular complexity index is 516. The molecule has 1 aromatic heterocycles. The standard InChI is InChI=1S/C12H20N2O2S2/c1-9-8-10(2)17-12(9)18(15,16)14(3)11-4-6-13-7-5-11/h8,11,13H,4-7H2,1-3H3. The quantitative estimate of drug-likeness (QED) is 0.921. The summed E-state index contributed by atoms with van der Waals surface area (Å²) in [6.07, 6.45) is 1.78. The maximum Gasteiger partial charge on any atom is 0.252 e. The zero-order chi connectivity index (χ0) is 13.3. The fraction of sp³-hybridized carbons (Fsp3) is 0.667. The summed E-state index contributed by atoms with van der Waals surface area (Å²) in [5.41, 5.74) is 0.860. The number of sulfonamides is 1. The van der Waals surface area contributed by atoms with Gasteiger partial charge < -0.3 is 5.32 Å². The Labute approximate surface area is 113 Å². The van der Waals surface area contributed by atoms with Crippen molar-refractivity contribution in [3.05, 3.63) is 16.5 Å². The number of thiophene rings is 1. The Hall–Kier alpha value is -0.430. The van der Waals surface area contributed by atoms with Crippen LogP contribution >= 0.6 is 11.3 Å². The molecule has 1 saturated heterocycles. The van der Waals surface area contributed by atoms with Crippen molar-refractivity contribution in [1.29, 1.82) is 0 Å². The second-order valence-electron chi connectivity index (χ2n) is 4.83. The van der Waals surface area contributed by atoms with Crippen LogP contribution in [0, 0.1) is 13.8 Å². The highest BCUT2D eigenvalue weighted by molar-refractivity contribution is 7.91. The largest absolute Gasteiger partial charge is 0.317 e. The first kappa shape index (κ1) is 14.0. The average Bonchev–Trinajstić information content (AvgIpc) is 2.69. The fourth-order valence-corrected chi connectivity index (χ4v) is 5.62. The first-order valence-corrected chi connectivity index (χ1v) is 8.44. The third-order valence-electron chi connectivity index (χ3n) is 3.43. The normalized spacial score (nSPS) is 18.4. The Morgan fingerprint density at radius 1 is 1.33 bits per heavy atom. The molecule has 2 heterocycles. The van der Waals surface area contributed by atoms with E-state index in [1.807, 2.05) is 19.9 Å². The number of hydrogen-bond acceptors (Lipinski definition) is 4. The molecule has 0 saturated carbocycles. The van der Waals surface area contributed by atoms with E-state index >= 15 is 0 Å². The van der Waals surface area contributed by atoms with E-state index in [-0.39, 0.29) is 6.04 Å². The lowest BCUT2D eigenvalue weighted by atomic mass is 10.1. The molecule has 1 aromatic rings. The molecule has 0 amide bonds. The van der Waals surface area contributed by atoms with Gasteiger partial charge in [-0.2, -0.15) is 4.31 Å². The number of nitrogens with zero attached hydrogens (tertiary/aromatic N) is 1. The maximum absolute atomic E-state index is 12.6. The number of piperidine rings is 1. The number of rotatable bonds is 3. The van der Waals surface area contributed by atoms with Crippen molar-refractivity contribution in [2.45, 2.75) is 36.9 Å². The van der Waals surface area contributed by atoms with Gasteiger partial charge >= 0.3 is 0 Å². The van der Waals surface area contributed by atoms with Crippen molar-refractivity contribution < 1.29 is 8.42 Å². The molecule has 4 nitrogen and oxygen atoms in total. The predicted molar refractivity (Wildman–Crippen MR) is 74.6 cm³/mol. The number of nitrogens with one attached hydrogen (secondary N) is 1. The molecular weight excluding hydrogens is 268 g/mol. The number of hydrogen-bond donors (Lipinski definition) is 1. The van der Waals surface area contributed by atoms with Crippen molar-refractivity contribution in [2.75, 3.05) is 20.1 Å². The molecule has 6 heteroatoms. The average molecular weight is 288 g/mol. The molecule has 1 aliphatic rings. The second-order valence-corrected chi connectivity index (χ2v) is 8.28. The van der Waals surface area contributed by atoms with E-state index < -0.39 is 10.0 Å². The minimum atomic E-state index is -3.32. The van der Waals surface area contributed by atoms with Gasteiger partial charge in [0, 0.05) is 18.0 Å². The van der Waals surface area contributed by atoms with Crippen molar-refractivity contribution in [2.24, 2.45) is 0 Å². The lowest BCUT2D eigenvalue weighted by molar-refractivity contribution is 0.297. The summed E-state index contributed by atoms with van der Waals surface area (Å²) >= 11 is 1.37. The predicted octanol–water partition coefficient (Wildman–Crippen LogP) is 1.74. The van der Waals surface area contributed by atoms with Crippen LogP contribution in [-0.2, 0) is 10.0 Å². The maximum atomic E-state index is 12.6. The monoisotopic (exact) mass is 288 g/mol. The van der Waals surface area contributed by atoms with Crippen molar-refractivity contribution in [1.82, 2.24) is 9.62 Å². The SMILES string of the molecule is Cc1cc(C)c(S(=O)(=O)N(C)C2CCNCC2)s1.